The average molecular weight is 388 g/mol. The fraction of sp³-hybridized carbons (Fsp3) is 0.222. The van der Waals surface area contributed by atoms with E-state index in [9.17, 15) is 27.7 Å². The number of hydrogen-bond donors (Lipinski definition) is 0. The third-order valence-corrected chi connectivity index (χ3v) is 6.30. The van der Waals surface area contributed by atoms with Gasteiger partial charge in [0.2, 0.25) is 10.0 Å². The van der Waals surface area contributed by atoms with E-state index in [0.717, 1.165) is 22.5 Å². The van der Waals surface area contributed by atoms with Crippen LogP contribution in [0.15, 0.2) is 41.3 Å². The lowest BCUT2D eigenvalue weighted by Gasteiger charge is -2.36. The Balaban J connectivity index is 1.87. The van der Waals surface area contributed by atoms with E-state index in [2.05, 4.69) is 0 Å². The topological polar surface area (TPSA) is 88.2 Å². The first kappa shape index (κ1) is 18.8. The fourth-order valence-electron chi connectivity index (χ4n) is 3.07. The summed E-state index contributed by atoms with van der Waals surface area (Å²) >= 11 is 0. The van der Waals surface area contributed by atoms with Crippen LogP contribution in [0.2, 0.25) is 0 Å². The van der Waals surface area contributed by atoms with Crippen molar-refractivity contribution in [3.05, 3.63) is 59.2 Å². The molecule has 0 spiro atoms. The summed E-state index contributed by atoms with van der Waals surface area (Å²) in [6.45, 7) is 0.312. The van der Waals surface area contributed by atoms with Crippen LogP contribution in [-0.2, 0) is 10.0 Å². The second-order valence-electron chi connectivity index (χ2n) is 5.87. The lowest BCUT2D eigenvalue weighted by atomic mass is 10.1. The van der Waals surface area contributed by atoms with Gasteiger partial charge < -0.3 is 4.90 Å². The number of piperazine rings is 1. The molecule has 0 aromatic heterocycles. The predicted octanol–water partition coefficient (Wildman–Crippen LogP) is 2.22. The zero-order valence-electron chi connectivity index (χ0n) is 14.1. The van der Waals surface area contributed by atoms with Crippen LogP contribution in [0.3, 0.4) is 0 Å². The highest BCUT2D eigenvalue weighted by Gasteiger charge is 2.33. The highest BCUT2D eigenvalue weighted by molar-refractivity contribution is 7.89. The Morgan fingerprint density at radius 2 is 1.33 bits per heavy atom. The summed E-state index contributed by atoms with van der Waals surface area (Å²) in [4.78, 5) is 0.773. The first-order chi connectivity index (χ1) is 12.9. The Morgan fingerprint density at radius 3 is 1.81 bits per heavy atom. The minimum absolute atomic E-state index is 0.0270. The highest BCUT2D eigenvalue weighted by Crippen LogP contribution is 2.28. The molecule has 1 heterocycles. The number of halogens is 2. The highest BCUT2D eigenvalue weighted by atomic mass is 32.2. The first-order valence-electron chi connectivity index (χ1n) is 8.02. The van der Waals surface area contributed by atoms with Crippen LogP contribution in [0.1, 0.15) is 11.1 Å². The van der Waals surface area contributed by atoms with E-state index >= 15 is 0 Å². The van der Waals surface area contributed by atoms with Gasteiger partial charge in [0, 0.05) is 26.2 Å². The van der Waals surface area contributed by atoms with Gasteiger partial charge in [0.15, 0.2) is 4.90 Å². The number of nitrogens with zero attached hydrogens (tertiary/aromatic N) is 4. The molecule has 27 heavy (non-hydrogen) atoms. The maximum Gasteiger partial charge on any atom is 0.249 e. The van der Waals surface area contributed by atoms with Crippen molar-refractivity contribution < 1.29 is 17.2 Å². The molecule has 0 aliphatic carbocycles. The standard InChI is InChI=1S/C18H14F2N4O2S/c19-15-5-2-6-16(20)18(15)27(25,26)24-9-7-23(8-10-24)17-13(11-21)3-1-4-14(17)12-22/h1-6H,7-10H2. The van der Waals surface area contributed by atoms with Crippen LogP contribution in [-0.4, -0.2) is 38.9 Å². The van der Waals surface area contributed by atoms with Gasteiger partial charge in [-0.05, 0) is 24.3 Å². The molecule has 0 atom stereocenters. The number of hydrogen-bond acceptors (Lipinski definition) is 5. The Labute approximate surface area is 155 Å². The van der Waals surface area contributed by atoms with E-state index in [1.54, 1.807) is 23.1 Å². The van der Waals surface area contributed by atoms with Gasteiger partial charge in [-0.1, -0.05) is 12.1 Å². The van der Waals surface area contributed by atoms with Crippen LogP contribution < -0.4 is 4.90 Å². The largest absolute Gasteiger partial charge is 0.367 e. The molecule has 1 aliphatic heterocycles. The lowest BCUT2D eigenvalue weighted by molar-refractivity contribution is 0.378. The molecule has 0 amide bonds. The molecule has 0 radical (unpaired) electrons. The molecule has 3 rings (SSSR count). The van der Waals surface area contributed by atoms with E-state index < -0.39 is 26.6 Å². The summed E-state index contributed by atoms with van der Waals surface area (Å²) in [6, 6.07) is 11.7. The number of anilines is 1. The van der Waals surface area contributed by atoms with Gasteiger partial charge >= 0.3 is 0 Å². The van der Waals surface area contributed by atoms with E-state index in [1.807, 2.05) is 12.1 Å². The summed E-state index contributed by atoms with van der Waals surface area (Å²) in [6.07, 6.45) is 0. The quantitative estimate of drug-likeness (QED) is 0.805. The van der Waals surface area contributed by atoms with Crippen molar-refractivity contribution in [2.45, 2.75) is 4.90 Å². The Bertz CT molecular complexity index is 1010. The third kappa shape index (κ3) is 3.35. The molecule has 138 valence electrons. The molecular formula is C18H14F2N4O2S. The third-order valence-electron chi connectivity index (χ3n) is 4.35. The van der Waals surface area contributed by atoms with Crippen molar-refractivity contribution in [3.63, 3.8) is 0 Å². The predicted molar refractivity (Wildman–Crippen MR) is 93.2 cm³/mol. The molecule has 0 bridgehead atoms. The van der Waals surface area contributed by atoms with Crippen molar-refractivity contribution in [1.29, 1.82) is 10.5 Å². The molecule has 6 nitrogen and oxygen atoms in total. The van der Waals surface area contributed by atoms with Gasteiger partial charge in [-0.2, -0.15) is 14.8 Å². The van der Waals surface area contributed by atoms with Crippen molar-refractivity contribution in [2.75, 3.05) is 31.1 Å². The van der Waals surface area contributed by atoms with E-state index in [4.69, 9.17) is 0 Å². The van der Waals surface area contributed by atoms with Crippen LogP contribution >= 0.6 is 0 Å². The van der Waals surface area contributed by atoms with Crippen LogP contribution in [0.5, 0.6) is 0 Å². The smallest absolute Gasteiger partial charge is 0.249 e. The molecule has 0 N–H and O–H groups in total. The number of sulfonamides is 1. The molecule has 2 aromatic carbocycles. The zero-order chi connectivity index (χ0) is 19.6. The van der Waals surface area contributed by atoms with Crippen LogP contribution in [0, 0.1) is 34.3 Å². The minimum Gasteiger partial charge on any atom is -0.367 e. The Kier molecular flexibility index (Phi) is 5.08. The summed E-state index contributed by atoms with van der Waals surface area (Å²) in [7, 11) is -4.33. The molecule has 0 unspecified atom stereocenters. The fourth-order valence-corrected chi connectivity index (χ4v) is 4.61. The van der Waals surface area contributed by atoms with Crippen molar-refractivity contribution >= 4 is 15.7 Å². The van der Waals surface area contributed by atoms with Gasteiger partial charge in [0.05, 0.1) is 16.8 Å². The Morgan fingerprint density at radius 1 is 0.852 bits per heavy atom. The Hall–Kier alpha value is -3.01. The number of nitriles is 2. The molecule has 1 fully saturated rings. The van der Waals surface area contributed by atoms with Crippen molar-refractivity contribution in [1.82, 2.24) is 4.31 Å². The maximum absolute atomic E-state index is 13.9. The minimum atomic E-state index is -4.33. The van der Waals surface area contributed by atoms with Gasteiger partial charge in [-0.25, -0.2) is 17.2 Å². The van der Waals surface area contributed by atoms with Gasteiger partial charge in [0.1, 0.15) is 23.8 Å². The number of rotatable bonds is 3. The van der Waals surface area contributed by atoms with E-state index in [0.29, 0.717) is 16.8 Å². The first-order valence-corrected chi connectivity index (χ1v) is 9.46. The lowest BCUT2D eigenvalue weighted by Crippen LogP contribution is -2.49. The van der Waals surface area contributed by atoms with E-state index in [1.165, 1.54) is 0 Å². The molecule has 1 saturated heterocycles. The van der Waals surface area contributed by atoms with Gasteiger partial charge in [0.25, 0.3) is 0 Å². The van der Waals surface area contributed by atoms with Crippen LogP contribution in [0.25, 0.3) is 0 Å². The summed E-state index contributed by atoms with van der Waals surface area (Å²) in [5, 5.41) is 18.6. The number of para-hydroxylation sites is 1. The summed E-state index contributed by atoms with van der Waals surface area (Å²) in [5.41, 5.74) is 1.06. The second kappa shape index (κ2) is 7.31. The van der Waals surface area contributed by atoms with E-state index in [-0.39, 0.29) is 26.2 Å². The zero-order valence-corrected chi connectivity index (χ0v) is 14.9. The SMILES string of the molecule is N#Cc1cccc(C#N)c1N1CCN(S(=O)(=O)c2c(F)cccc2F)CC1. The molecular weight excluding hydrogens is 374 g/mol. The average Bonchev–Trinajstić information content (AvgIpc) is 2.67. The summed E-state index contributed by atoms with van der Waals surface area (Å²) in [5.74, 6) is -2.28. The molecule has 1 aliphatic rings. The molecule has 9 heteroatoms. The van der Waals surface area contributed by atoms with Crippen molar-refractivity contribution in [3.8, 4) is 12.1 Å². The normalized spacial score (nSPS) is 15.2. The number of benzene rings is 2. The maximum atomic E-state index is 13.9. The van der Waals surface area contributed by atoms with Crippen LogP contribution in [0.4, 0.5) is 14.5 Å². The summed E-state index contributed by atoms with van der Waals surface area (Å²) < 4.78 is 54.1. The molecule has 2 aromatic rings. The van der Waals surface area contributed by atoms with Gasteiger partial charge in [-0.15, -0.1) is 0 Å². The van der Waals surface area contributed by atoms with Crippen molar-refractivity contribution in [2.24, 2.45) is 0 Å². The van der Waals surface area contributed by atoms with Gasteiger partial charge in [-0.3, -0.25) is 0 Å². The molecule has 0 saturated carbocycles. The monoisotopic (exact) mass is 388 g/mol. The second-order valence-corrected chi connectivity index (χ2v) is 7.74.